The summed E-state index contributed by atoms with van der Waals surface area (Å²) < 4.78 is 26.4. The van der Waals surface area contributed by atoms with Crippen LogP contribution in [-0.4, -0.2) is 86.4 Å². The van der Waals surface area contributed by atoms with Crippen molar-refractivity contribution in [1.29, 1.82) is 0 Å². The third-order valence-corrected chi connectivity index (χ3v) is 5.09. The Kier molecular flexibility index (Phi) is 14.4. The molecule has 0 bridgehead atoms. The topological polar surface area (TPSA) is 142 Å². The van der Waals surface area contributed by atoms with Gasteiger partial charge >= 0.3 is 18.2 Å². The molecule has 0 aliphatic heterocycles. The molecule has 0 spiro atoms. The van der Waals surface area contributed by atoms with E-state index in [1.165, 1.54) is 19.1 Å². The molecule has 3 amide bonds. The number of nitrogens with zero attached hydrogens (tertiary/aromatic N) is 1. The van der Waals surface area contributed by atoms with E-state index < -0.39 is 54.1 Å². The Hall–Kier alpha value is -3.38. The summed E-state index contributed by atoms with van der Waals surface area (Å²) in [4.78, 5) is 52.1. The van der Waals surface area contributed by atoms with Gasteiger partial charge in [0.2, 0.25) is 5.91 Å². The minimum absolute atomic E-state index is 0.00479. The molecule has 226 valence electrons. The van der Waals surface area contributed by atoms with E-state index in [4.69, 9.17) is 23.7 Å². The first-order valence-corrected chi connectivity index (χ1v) is 13.1. The Morgan fingerprint density at radius 1 is 0.875 bits per heavy atom. The third kappa shape index (κ3) is 15.3. The molecule has 1 atom stereocenters. The van der Waals surface area contributed by atoms with Crippen LogP contribution in [0.15, 0.2) is 30.3 Å². The lowest BCUT2D eigenvalue weighted by Crippen LogP contribution is -2.52. The first kappa shape index (κ1) is 34.6. The first-order valence-electron chi connectivity index (χ1n) is 13.1. The van der Waals surface area contributed by atoms with Crippen LogP contribution in [0.4, 0.5) is 9.59 Å². The van der Waals surface area contributed by atoms with Gasteiger partial charge in [-0.3, -0.25) is 9.59 Å². The monoisotopic (exact) mass is 567 g/mol. The molecule has 0 unspecified atom stereocenters. The smallest absolute Gasteiger partial charge is 0.408 e. The number of esters is 1. The molecule has 0 heterocycles. The van der Waals surface area contributed by atoms with Crippen molar-refractivity contribution in [3.63, 3.8) is 0 Å². The number of nitrogens with one attached hydrogen (secondary N) is 2. The molecule has 0 saturated heterocycles. The lowest BCUT2D eigenvalue weighted by Gasteiger charge is -2.30. The van der Waals surface area contributed by atoms with Crippen molar-refractivity contribution in [2.75, 3.05) is 33.9 Å². The van der Waals surface area contributed by atoms with Crippen LogP contribution in [0.3, 0.4) is 0 Å². The molecule has 1 aromatic rings. The minimum Gasteiger partial charge on any atom is -0.459 e. The molecule has 0 fully saturated rings. The molecule has 0 aliphatic carbocycles. The van der Waals surface area contributed by atoms with Crippen LogP contribution >= 0.6 is 0 Å². The van der Waals surface area contributed by atoms with E-state index in [1.54, 1.807) is 53.7 Å². The summed E-state index contributed by atoms with van der Waals surface area (Å²) in [6.07, 6.45) is -1.79. The zero-order chi connectivity index (χ0) is 30.3. The second-order valence-corrected chi connectivity index (χ2v) is 11.0. The SMILES string of the molecule is COC(CN(CC(=O)OC(C)(C)C)C(=O)[C@H](CCCNC(=O)OC(C)(C)C)NC(=O)OCc1ccccc1)OC. The molecule has 0 radical (unpaired) electrons. The molecule has 0 aromatic heterocycles. The van der Waals surface area contributed by atoms with Crippen LogP contribution in [0.1, 0.15) is 59.9 Å². The predicted octanol–water partition coefficient (Wildman–Crippen LogP) is 3.38. The Labute approximate surface area is 237 Å². The van der Waals surface area contributed by atoms with Gasteiger partial charge in [-0.25, -0.2) is 9.59 Å². The largest absolute Gasteiger partial charge is 0.459 e. The Morgan fingerprint density at radius 3 is 2.02 bits per heavy atom. The lowest BCUT2D eigenvalue weighted by molar-refractivity contribution is -0.164. The highest BCUT2D eigenvalue weighted by Crippen LogP contribution is 2.12. The minimum atomic E-state index is -1.08. The second kappa shape index (κ2) is 16.7. The van der Waals surface area contributed by atoms with Gasteiger partial charge in [0.15, 0.2) is 6.29 Å². The number of amides is 3. The van der Waals surface area contributed by atoms with Crippen molar-refractivity contribution in [2.24, 2.45) is 0 Å². The van der Waals surface area contributed by atoms with Crippen LogP contribution in [0.5, 0.6) is 0 Å². The van der Waals surface area contributed by atoms with Gasteiger partial charge in [0.05, 0.1) is 6.54 Å². The predicted molar refractivity (Wildman–Crippen MR) is 147 cm³/mol. The second-order valence-electron chi connectivity index (χ2n) is 11.0. The number of carbonyl (C=O) groups excluding carboxylic acids is 4. The standard InChI is InChI=1S/C28H45N3O9/c1-27(2,3)39-22(32)17-31(18-23(36-7)37-8)24(33)21(15-12-16-29-25(34)40-28(4,5)6)30-26(35)38-19-20-13-10-9-11-14-20/h9-11,13-14,21,23H,12,15-19H2,1-8H3,(H,29,34)(H,30,35)/t21-/m0/s1. The zero-order valence-corrected chi connectivity index (χ0v) is 24.9. The van der Waals surface area contributed by atoms with Gasteiger partial charge in [0.25, 0.3) is 0 Å². The van der Waals surface area contributed by atoms with Crippen LogP contribution in [0, 0.1) is 0 Å². The van der Waals surface area contributed by atoms with Crippen molar-refractivity contribution in [3.05, 3.63) is 35.9 Å². The Morgan fingerprint density at radius 2 is 1.48 bits per heavy atom. The van der Waals surface area contributed by atoms with E-state index in [9.17, 15) is 19.2 Å². The maximum absolute atomic E-state index is 13.7. The van der Waals surface area contributed by atoms with Gasteiger partial charge in [0, 0.05) is 20.8 Å². The fourth-order valence-corrected chi connectivity index (χ4v) is 3.38. The molecular weight excluding hydrogens is 522 g/mol. The van der Waals surface area contributed by atoms with Gasteiger partial charge in [-0.05, 0) is 59.9 Å². The number of rotatable bonds is 14. The molecule has 40 heavy (non-hydrogen) atoms. The van der Waals surface area contributed by atoms with Crippen LogP contribution in [-0.2, 0) is 39.9 Å². The van der Waals surface area contributed by atoms with E-state index >= 15 is 0 Å². The molecule has 1 rings (SSSR count). The summed E-state index contributed by atoms with van der Waals surface area (Å²) in [6.45, 7) is 10.1. The molecular formula is C28H45N3O9. The maximum Gasteiger partial charge on any atom is 0.408 e. The average molecular weight is 568 g/mol. The van der Waals surface area contributed by atoms with Crippen LogP contribution in [0.2, 0.25) is 0 Å². The van der Waals surface area contributed by atoms with Crippen molar-refractivity contribution >= 4 is 24.1 Å². The van der Waals surface area contributed by atoms with Crippen molar-refractivity contribution in [2.45, 2.75) is 84.5 Å². The van der Waals surface area contributed by atoms with E-state index in [-0.39, 0.29) is 26.1 Å². The summed E-state index contributed by atoms with van der Waals surface area (Å²) >= 11 is 0. The Balaban J connectivity index is 3.01. The first-order chi connectivity index (χ1) is 18.6. The summed E-state index contributed by atoms with van der Waals surface area (Å²) in [7, 11) is 2.81. The highest BCUT2D eigenvalue weighted by molar-refractivity contribution is 5.88. The van der Waals surface area contributed by atoms with E-state index in [2.05, 4.69) is 10.6 Å². The van der Waals surface area contributed by atoms with Crippen LogP contribution < -0.4 is 10.6 Å². The number of alkyl carbamates (subject to hydrolysis) is 2. The quantitative estimate of drug-likeness (QED) is 0.150. The highest BCUT2D eigenvalue weighted by atomic mass is 16.7. The number of benzene rings is 1. The molecule has 2 N–H and O–H groups in total. The molecule has 0 aliphatic rings. The van der Waals surface area contributed by atoms with Gasteiger partial charge in [-0.15, -0.1) is 0 Å². The summed E-state index contributed by atoms with van der Waals surface area (Å²) in [5.41, 5.74) is -0.648. The van der Waals surface area contributed by atoms with Gasteiger partial charge < -0.3 is 39.2 Å². The summed E-state index contributed by atoms with van der Waals surface area (Å²) in [5, 5.41) is 5.22. The Bertz CT molecular complexity index is 939. The lowest BCUT2D eigenvalue weighted by atomic mass is 10.1. The molecule has 12 nitrogen and oxygen atoms in total. The normalized spacial score (nSPS) is 12.3. The number of carbonyl (C=O) groups is 4. The number of ether oxygens (including phenoxy) is 5. The molecule has 12 heteroatoms. The van der Waals surface area contributed by atoms with Crippen molar-refractivity contribution in [3.8, 4) is 0 Å². The van der Waals surface area contributed by atoms with E-state index in [0.29, 0.717) is 6.42 Å². The van der Waals surface area contributed by atoms with E-state index in [0.717, 1.165) is 5.56 Å². The molecule has 1 aromatic carbocycles. The maximum atomic E-state index is 13.7. The third-order valence-electron chi connectivity index (χ3n) is 5.09. The average Bonchev–Trinajstić information content (AvgIpc) is 2.85. The van der Waals surface area contributed by atoms with E-state index in [1.807, 2.05) is 18.2 Å². The fourth-order valence-electron chi connectivity index (χ4n) is 3.38. The summed E-state index contributed by atoms with van der Waals surface area (Å²) in [6, 6.07) is 8.00. The fraction of sp³-hybridized carbons (Fsp3) is 0.643. The zero-order valence-electron chi connectivity index (χ0n) is 24.9. The van der Waals surface area contributed by atoms with Crippen molar-refractivity contribution in [1.82, 2.24) is 15.5 Å². The van der Waals surface area contributed by atoms with Gasteiger partial charge in [-0.2, -0.15) is 0 Å². The van der Waals surface area contributed by atoms with Gasteiger partial charge in [0.1, 0.15) is 30.4 Å². The van der Waals surface area contributed by atoms with Crippen molar-refractivity contribution < 1.29 is 42.9 Å². The number of hydrogen-bond acceptors (Lipinski definition) is 9. The van der Waals surface area contributed by atoms with Gasteiger partial charge in [-0.1, -0.05) is 30.3 Å². The number of methoxy groups -OCH3 is 2. The summed E-state index contributed by atoms with van der Waals surface area (Å²) in [5.74, 6) is -1.21. The van der Waals surface area contributed by atoms with Crippen LogP contribution in [0.25, 0.3) is 0 Å². The molecule has 0 saturated carbocycles. The number of hydrogen-bond donors (Lipinski definition) is 2. The highest BCUT2D eigenvalue weighted by Gasteiger charge is 2.31.